The van der Waals surface area contributed by atoms with Gasteiger partial charge in [0.2, 0.25) is 15.9 Å². The molecule has 0 bridgehead atoms. The molecule has 140 valence electrons. The first kappa shape index (κ1) is 19.7. The fourth-order valence-electron chi connectivity index (χ4n) is 2.07. The number of nitrogens with zero attached hydrogens (tertiary/aromatic N) is 3. The number of carbonyl (C=O) groups excluding carboxylic acids is 2. The predicted molar refractivity (Wildman–Crippen MR) is 89.8 cm³/mol. The van der Waals surface area contributed by atoms with Crippen LogP contribution in [0.2, 0.25) is 0 Å². The average molecular weight is 381 g/mol. The number of hydrogen-bond acceptors (Lipinski definition) is 8. The van der Waals surface area contributed by atoms with E-state index >= 15 is 0 Å². The molecule has 0 amide bonds. The number of carbonyl (C=O) groups is 2. The van der Waals surface area contributed by atoms with E-state index < -0.39 is 28.6 Å². The molecule has 0 aliphatic rings. The van der Waals surface area contributed by atoms with Crippen LogP contribution in [0.1, 0.15) is 42.1 Å². The fraction of sp³-hybridized carbons (Fsp3) is 0.375. The van der Waals surface area contributed by atoms with Crippen molar-refractivity contribution >= 4 is 21.8 Å². The van der Waals surface area contributed by atoms with Crippen molar-refractivity contribution in [1.82, 2.24) is 14.5 Å². The van der Waals surface area contributed by atoms with Crippen LogP contribution in [-0.2, 0) is 19.6 Å². The molecule has 0 spiro atoms. The van der Waals surface area contributed by atoms with Gasteiger partial charge in [-0.15, -0.1) is 10.2 Å². The third-order valence-corrected chi connectivity index (χ3v) is 5.34. The van der Waals surface area contributed by atoms with Crippen molar-refractivity contribution in [2.24, 2.45) is 0 Å². The first-order valence-corrected chi connectivity index (χ1v) is 9.12. The Balaban J connectivity index is 2.03. The number of aromatic nitrogens is 2. The van der Waals surface area contributed by atoms with Gasteiger partial charge in [-0.1, -0.05) is 12.1 Å². The van der Waals surface area contributed by atoms with Crippen LogP contribution >= 0.6 is 0 Å². The van der Waals surface area contributed by atoms with Crippen molar-refractivity contribution in [2.45, 2.75) is 31.8 Å². The van der Waals surface area contributed by atoms with E-state index in [9.17, 15) is 18.0 Å². The van der Waals surface area contributed by atoms with E-state index in [1.54, 1.807) is 13.8 Å². The SMILES string of the molecule is CC(=O)c1ccc(S(=O)(=O)N(C)CC(=O)OC(C)c2nnc(C)o2)cc1. The van der Waals surface area contributed by atoms with Gasteiger partial charge in [0.15, 0.2) is 11.9 Å². The Hall–Kier alpha value is -2.59. The number of rotatable bonds is 7. The number of hydrogen-bond donors (Lipinski definition) is 0. The minimum atomic E-state index is -3.90. The second kappa shape index (κ2) is 7.75. The number of sulfonamides is 1. The summed E-state index contributed by atoms with van der Waals surface area (Å²) in [5.41, 5.74) is 0.398. The zero-order chi connectivity index (χ0) is 19.5. The molecule has 1 aromatic carbocycles. The lowest BCUT2D eigenvalue weighted by atomic mass is 10.2. The number of ether oxygens (including phenoxy) is 1. The van der Waals surface area contributed by atoms with Crippen LogP contribution in [0.4, 0.5) is 0 Å². The normalized spacial score (nSPS) is 12.8. The molecule has 0 aliphatic carbocycles. The quantitative estimate of drug-likeness (QED) is 0.523. The van der Waals surface area contributed by atoms with Gasteiger partial charge >= 0.3 is 5.97 Å². The Morgan fingerprint density at radius 2 is 1.85 bits per heavy atom. The first-order chi connectivity index (χ1) is 12.1. The van der Waals surface area contributed by atoms with Crippen LogP contribution in [0.15, 0.2) is 33.6 Å². The third kappa shape index (κ3) is 4.52. The highest BCUT2D eigenvalue weighted by atomic mass is 32.2. The van der Waals surface area contributed by atoms with Crippen LogP contribution < -0.4 is 0 Å². The molecule has 0 saturated carbocycles. The Morgan fingerprint density at radius 3 is 2.35 bits per heavy atom. The van der Waals surface area contributed by atoms with Crippen molar-refractivity contribution in [3.05, 3.63) is 41.6 Å². The number of esters is 1. The smallest absolute Gasteiger partial charge is 0.322 e. The highest BCUT2D eigenvalue weighted by Crippen LogP contribution is 2.18. The fourth-order valence-corrected chi connectivity index (χ4v) is 3.18. The van der Waals surface area contributed by atoms with Gasteiger partial charge in [-0.3, -0.25) is 9.59 Å². The summed E-state index contributed by atoms with van der Waals surface area (Å²) in [5, 5.41) is 7.38. The first-order valence-electron chi connectivity index (χ1n) is 7.68. The van der Waals surface area contributed by atoms with E-state index in [4.69, 9.17) is 9.15 Å². The van der Waals surface area contributed by atoms with Gasteiger partial charge in [-0.25, -0.2) is 8.42 Å². The van der Waals surface area contributed by atoms with Gasteiger partial charge < -0.3 is 9.15 Å². The molecule has 1 heterocycles. The van der Waals surface area contributed by atoms with E-state index in [1.807, 2.05) is 0 Å². The summed E-state index contributed by atoms with van der Waals surface area (Å²) in [6.45, 7) is 4.04. The lowest BCUT2D eigenvalue weighted by Gasteiger charge is -2.17. The molecule has 26 heavy (non-hydrogen) atoms. The van der Waals surface area contributed by atoms with Crippen LogP contribution in [-0.4, -0.2) is 48.3 Å². The Labute approximate surface area is 151 Å². The lowest BCUT2D eigenvalue weighted by molar-refractivity contribution is -0.149. The molecule has 0 fully saturated rings. The van der Waals surface area contributed by atoms with Crippen molar-refractivity contribution in [1.29, 1.82) is 0 Å². The van der Waals surface area contributed by atoms with Gasteiger partial charge in [0.1, 0.15) is 6.54 Å². The average Bonchev–Trinajstić information content (AvgIpc) is 3.01. The van der Waals surface area contributed by atoms with Crippen molar-refractivity contribution in [3.63, 3.8) is 0 Å². The molecule has 0 radical (unpaired) electrons. The van der Waals surface area contributed by atoms with Crippen molar-refractivity contribution in [2.75, 3.05) is 13.6 Å². The molecule has 1 aromatic heterocycles. The number of ketones is 1. The van der Waals surface area contributed by atoms with Gasteiger partial charge in [-0.2, -0.15) is 4.31 Å². The maximum absolute atomic E-state index is 12.5. The maximum Gasteiger partial charge on any atom is 0.322 e. The Morgan fingerprint density at radius 1 is 1.23 bits per heavy atom. The summed E-state index contributed by atoms with van der Waals surface area (Å²) < 4.78 is 36.1. The predicted octanol–water partition coefficient (Wildman–Crippen LogP) is 1.51. The minimum absolute atomic E-state index is 0.0293. The van der Waals surface area contributed by atoms with Gasteiger partial charge in [0.05, 0.1) is 4.90 Å². The summed E-state index contributed by atoms with van der Waals surface area (Å²) in [4.78, 5) is 23.2. The van der Waals surface area contributed by atoms with Crippen LogP contribution in [0.3, 0.4) is 0 Å². The third-order valence-electron chi connectivity index (χ3n) is 3.52. The number of Topliss-reactive ketones (excluding diaryl/α,β-unsaturated/α-hetero) is 1. The number of aryl methyl sites for hydroxylation is 1. The molecule has 10 heteroatoms. The van der Waals surface area contributed by atoms with E-state index in [0.29, 0.717) is 11.5 Å². The Kier molecular flexibility index (Phi) is 5.88. The molecule has 0 N–H and O–H groups in total. The standard InChI is InChI=1S/C16H19N3O6S/c1-10(20)13-5-7-14(8-6-13)26(22,23)19(4)9-15(21)24-11(2)16-18-17-12(3)25-16/h5-8,11H,9H2,1-4H3. The molecule has 2 aromatic rings. The summed E-state index contributed by atoms with van der Waals surface area (Å²) in [6, 6.07) is 5.47. The monoisotopic (exact) mass is 381 g/mol. The summed E-state index contributed by atoms with van der Waals surface area (Å²) >= 11 is 0. The van der Waals surface area contributed by atoms with Gasteiger partial charge in [0, 0.05) is 19.5 Å². The number of benzene rings is 1. The van der Waals surface area contributed by atoms with Crippen LogP contribution in [0.25, 0.3) is 0 Å². The zero-order valence-electron chi connectivity index (χ0n) is 14.8. The van der Waals surface area contributed by atoms with Crippen LogP contribution in [0.5, 0.6) is 0 Å². The molecule has 1 unspecified atom stereocenters. The molecular weight excluding hydrogens is 362 g/mol. The van der Waals surface area contributed by atoms with Crippen molar-refractivity contribution in [3.8, 4) is 0 Å². The minimum Gasteiger partial charge on any atom is -0.452 e. The topological polar surface area (TPSA) is 120 Å². The molecule has 1 atom stereocenters. The summed E-state index contributed by atoms with van der Waals surface area (Å²) in [6.07, 6.45) is -0.797. The molecule has 0 aliphatic heterocycles. The molecule has 9 nitrogen and oxygen atoms in total. The second-order valence-electron chi connectivity index (χ2n) is 5.63. The van der Waals surface area contributed by atoms with E-state index in [2.05, 4.69) is 10.2 Å². The summed E-state index contributed by atoms with van der Waals surface area (Å²) in [5.74, 6) is -0.478. The molecule has 0 saturated heterocycles. The van der Waals surface area contributed by atoms with Crippen molar-refractivity contribution < 1.29 is 27.2 Å². The van der Waals surface area contributed by atoms with E-state index in [0.717, 1.165) is 4.31 Å². The second-order valence-corrected chi connectivity index (χ2v) is 7.68. The molecular formula is C16H19N3O6S. The highest BCUT2D eigenvalue weighted by Gasteiger charge is 2.25. The van der Waals surface area contributed by atoms with E-state index in [-0.39, 0.29) is 16.6 Å². The number of likely N-dealkylation sites (N-methyl/N-ethyl adjacent to an activating group) is 1. The summed E-state index contributed by atoms with van der Waals surface area (Å²) in [7, 11) is -2.64. The maximum atomic E-state index is 12.5. The van der Waals surface area contributed by atoms with Gasteiger partial charge in [0.25, 0.3) is 5.89 Å². The zero-order valence-corrected chi connectivity index (χ0v) is 15.6. The largest absolute Gasteiger partial charge is 0.452 e. The highest BCUT2D eigenvalue weighted by molar-refractivity contribution is 7.89. The van der Waals surface area contributed by atoms with Gasteiger partial charge in [-0.05, 0) is 26.0 Å². The Bertz CT molecular complexity index is 904. The molecule has 2 rings (SSSR count). The lowest BCUT2D eigenvalue weighted by Crippen LogP contribution is -2.33. The van der Waals surface area contributed by atoms with Crippen LogP contribution in [0, 0.1) is 6.92 Å². The van der Waals surface area contributed by atoms with E-state index in [1.165, 1.54) is 38.2 Å².